The number of amides is 2. The Labute approximate surface area is 211 Å². The summed E-state index contributed by atoms with van der Waals surface area (Å²) in [6, 6.07) is 9.35. The summed E-state index contributed by atoms with van der Waals surface area (Å²) >= 11 is 1.49. The second kappa shape index (κ2) is 9.47. The van der Waals surface area contributed by atoms with E-state index in [0.717, 1.165) is 39.4 Å². The van der Waals surface area contributed by atoms with Crippen LogP contribution in [0.25, 0.3) is 11.0 Å². The quantitative estimate of drug-likeness (QED) is 0.520. The van der Waals surface area contributed by atoms with Crippen LogP contribution in [0.3, 0.4) is 0 Å². The Hall–Kier alpha value is -3.57. The van der Waals surface area contributed by atoms with E-state index in [4.69, 9.17) is 14.2 Å². The van der Waals surface area contributed by atoms with E-state index < -0.39 is 0 Å². The minimum atomic E-state index is -0.384. The molecular formula is C25H25N5O5S. The molecule has 3 aromatic rings. The highest BCUT2D eigenvalue weighted by Gasteiger charge is 2.33. The Kier molecular flexibility index (Phi) is 6.02. The number of benzene rings is 1. The van der Waals surface area contributed by atoms with Gasteiger partial charge in [-0.25, -0.2) is 9.78 Å². The number of aromatic nitrogens is 2. The van der Waals surface area contributed by atoms with Crippen LogP contribution in [0.2, 0.25) is 0 Å². The number of pyridine rings is 2. The number of nitrogens with zero attached hydrogens (tertiary/aromatic N) is 3. The first-order valence-corrected chi connectivity index (χ1v) is 12.8. The van der Waals surface area contributed by atoms with E-state index in [0.29, 0.717) is 43.6 Å². The van der Waals surface area contributed by atoms with Crippen LogP contribution in [0, 0.1) is 5.92 Å². The Bertz CT molecular complexity index is 1350. The lowest BCUT2D eigenvalue weighted by Gasteiger charge is -2.26. The fourth-order valence-corrected chi connectivity index (χ4v) is 5.52. The van der Waals surface area contributed by atoms with Crippen molar-refractivity contribution >= 4 is 46.2 Å². The molecular weight excluding hydrogens is 482 g/mol. The minimum absolute atomic E-state index is 0.0378. The second-order valence-electron chi connectivity index (χ2n) is 9.00. The molecule has 0 bridgehead atoms. The Morgan fingerprint density at radius 3 is 3.06 bits per heavy atom. The molecule has 3 aliphatic rings. The second-order valence-corrected chi connectivity index (χ2v) is 10.0. The molecule has 2 unspecified atom stereocenters. The molecule has 2 amide bonds. The van der Waals surface area contributed by atoms with E-state index in [1.807, 2.05) is 24.3 Å². The van der Waals surface area contributed by atoms with E-state index >= 15 is 0 Å². The van der Waals surface area contributed by atoms with Crippen LogP contribution in [0.15, 0.2) is 41.4 Å². The number of hydrogen-bond donors (Lipinski definition) is 2. The zero-order valence-corrected chi connectivity index (χ0v) is 20.5. The van der Waals surface area contributed by atoms with Gasteiger partial charge in [0.1, 0.15) is 11.9 Å². The van der Waals surface area contributed by atoms with Crippen molar-refractivity contribution in [1.82, 2.24) is 15.3 Å². The summed E-state index contributed by atoms with van der Waals surface area (Å²) in [5, 5.41) is 6.31. The molecule has 0 spiro atoms. The van der Waals surface area contributed by atoms with E-state index in [-0.39, 0.29) is 24.0 Å². The summed E-state index contributed by atoms with van der Waals surface area (Å²) in [6.45, 7) is 2.26. The zero-order valence-electron chi connectivity index (χ0n) is 19.7. The number of methoxy groups -OCH3 is 1. The first kappa shape index (κ1) is 22.9. The first-order chi connectivity index (χ1) is 17.6. The molecule has 0 radical (unpaired) electrons. The van der Waals surface area contributed by atoms with E-state index in [1.54, 1.807) is 24.3 Å². The van der Waals surface area contributed by atoms with Gasteiger partial charge in [0.2, 0.25) is 11.8 Å². The maximum absolute atomic E-state index is 12.5. The molecule has 6 rings (SSSR count). The van der Waals surface area contributed by atoms with E-state index in [9.17, 15) is 9.59 Å². The third kappa shape index (κ3) is 4.40. The van der Waals surface area contributed by atoms with Gasteiger partial charge in [0.15, 0.2) is 0 Å². The van der Waals surface area contributed by atoms with Crippen LogP contribution in [-0.2, 0) is 16.0 Å². The van der Waals surface area contributed by atoms with Gasteiger partial charge < -0.3 is 24.8 Å². The number of ether oxygens (including phenoxy) is 3. The lowest BCUT2D eigenvalue weighted by Crippen LogP contribution is -2.37. The number of fused-ring (bicyclic) bond motifs is 4. The average Bonchev–Trinajstić information content (AvgIpc) is 3.27. The van der Waals surface area contributed by atoms with Crippen LogP contribution in [0.5, 0.6) is 11.6 Å². The summed E-state index contributed by atoms with van der Waals surface area (Å²) in [5.74, 6) is 1.92. The number of carbonyl (C=O) groups is 2. The van der Waals surface area contributed by atoms with Crippen molar-refractivity contribution in [1.29, 1.82) is 0 Å². The third-order valence-corrected chi connectivity index (χ3v) is 7.59. The number of anilines is 2. The first-order valence-electron chi connectivity index (χ1n) is 11.8. The molecule has 3 aliphatic heterocycles. The normalized spacial score (nSPS) is 20.9. The summed E-state index contributed by atoms with van der Waals surface area (Å²) in [7, 11) is 1.60. The van der Waals surface area contributed by atoms with Gasteiger partial charge in [-0.2, -0.15) is 0 Å². The highest BCUT2D eigenvalue weighted by atomic mass is 32.2. The van der Waals surface area contributed by atoms with Crippen molar-refractivity contribution in [2.75, 3.05) is 49.3 Å². The summed E-state index contributed by atoms with van der Waals surface area (Å²) < 4.78 is 16.9. The highest BCUT2D eigenvalue weighted by molar-refractivity contribution is 8.00. The molecule has 5 heterocycles. The van der Waals surface area contributed by atoms with Crippen molar-refractivity contribution < 1.29 is 23.8 Å². The van der Waals surface area contributed by atoms with Crippen LogP contribution in [-0.4, -0.2) is 67.2 Å². The van der Waals surface area contributed by atoms with Gasteiger partial charge in [0, 0.05) is 41.2 Å². The standard InChI is InChI=1S/C25H25N5O5S/c1-33-23-5-3-18-24(29-23)17-6-14(12-34-20(17)10-27-18)8-26-9-16-11-30(25(32)35-16)15-2-4-21-19(7-15)28-22(31)13-36-21/h2-5,7,10,14,16,26H,6,8-9,11-13H2,1H3,(H,28,31). The van der Waals surface area contributed by atoms with E-state index in [1.165, 1.54) is 11.8 Å². The number of thioether (sulfide) groups is 1. The number of nitrogens with one attached hydrogen (secondary N) is 2. The molecule has 1 fully saturated rings. The van der Waals surface area contributed by atoms with Gasteiger partial charge in [-0.05, 0) is 30.7 Å². The van der Waals surface area contributed by atoms with Gasteiger partial charge >= 0.3 is 6.09 Å². The molecule has 2 N–H and O–H groups in total. The summed E-state index contributed by atoms with van der Waals surface area (Å²) in [6.07, 6.45) is 1.90. The fraction of sp³-hybridized carbons (Fsp3) is 0.360. The molecule has 11 heteroatoms. The van der Waals surface area contributed by atoms with Crippen molar-refractivity contribution in [2.24, 2.45) is 5.92 Å². The monoisotopic (exact) mass is 507 g/mol. The molecule has 36 heavy (non-hydrogen) atoms. The van der Waals surface area contributed by atoms with Crippen molar-refractivity contribution in [2.45, 2.75) is 17.4 Å². The molecule has 0 saturated carbocycles. The maximum Gasteiger partial charge on any atom is 0.414 e. The maximum atomic E-state index is 12.5. The molecule has 2 atom stereocenters. The van der Waals surface area contributed by atoms with Gasteiger partial charge in [0.05, 0.1) is 48.9 Å². The molecule has 10 nitrogen and oxygen atoms in total. The van der Waals surface area contributed by atoms with Gasteiger partial charge in [-0.3, -0.25) is 14.7 Å². The molecule has 1 aromatic carbocycles. The van der Waals surface area contributed by atoms with Crippen molar-refractivity contribution in [3.05, 3.63) is 42.1 Å². The number of cyclic esters (lactones) is 1. The van der Waals surface area contributed by atoms with Gasteiger partial charge in [-0.15, -0.1) is 11.8 Å². The van der Waals surface area contributed by atoms with Crippen LogP contribution >= 0.6 is 11.8 Å². The summed E-state index contributed by atoms with van der Waals surface area (Å²) in [5.41, 5.74) is 4.09. The number of rotatable bonds is 6. The Morgan fingerprint density at radius 1 is 1.25 bits per heavy atom. The number of hydrogen-bond acceptors (Lipinski definition) is 9. The summed E-state index contributed by atoms with van der Waals surface area (Å²) in [4.78, 5) is 35.9. The fourth-order valence-electron chi connectivity index (χ4n) is 4.73. The largest absolute Gasteiger partial charge is 0.491 e. The van der Waals surface area contributed by atoms with Crippen LogP contribution in [0.4, 0.5) is 16.2 Å². The average molecular weight is 508 g/mol. The predicted octanol–water partition coefficient (Wildman–Crippen LogP) is 2.85. The predicted molar refractivity (Wildman–Crippen MR) is 135 cm³/mol. The van der Waals surface area contributed by atoms with Crippen LogP contribution < -0.4 is 25.0 Å². The Morgan fingerprint density at radius 2 is 2.17 bits per heavy atom. The van der Waals surface area contributed by atoms with Crippen LogP contribution in [0.1, 0.15) is 5.56 Å². The smallest absolute Gasteiger partial charge is 0.414 e. The lowest BCUT2D eigenvalue weighted by atomic mass is 9.96. The lowest BCUT2D eigenvalue weighted by molar-refractivity contribution is -0.113. The van der Waals surface area contributed by atoms with Crippen molar-refractivity contribution in [3.63, 3.8) is 0 Å². The Balaban J connectivity index is 1.06. The number of carbonyl (C=O) groups excluding carboxylic acids is 2. The van der Waals surface area contributed by atoms with Crippen molar-refractivity contribution in [3.8, 4) is 11.6 Å². The minimum Gasteiger partial charge on any atom is -0.491 e. The molecule has 1 saturated heterocycles. The molecule has 2 aromatic heterocycles. The zero-order chi connectivity index (χ0) is 24.6. The highest BCUT2D eigenvalue weighted by Crippen LogP contribution is 2.36. The SMILES string of the molecule is COc1ccc2ncc3c(c2n1)CC(CNCC1CN(c2ccc4c(c2)NC(=O)CS4)C(=O)O1)CO3. The van der Waals surface area contributed by atoms with E-state index in [2.05, 4.69) is 20.6 Å². The molecule has 0 aliphatic carbocycles. The third-order valence-electron chi connectivity index (χ3n) is 6.52. The van der Waals surface area contributed by atoms with Gasteiger partial charge in [0.25, 0.3) is 0 Å². The molecule has 186 valence electrons. The van der Waals surface area contributed by atoms with Gasteiger partial charge in [-0.1, -0.05) is 0 Å². The topological polar surface area (TPSA) is 115 Å².